The highest BCUT2D eigenvalue weighted by Crippen LogP contribution is 2.14. The molecule has 0 unspecified atom stereocenters. The molecule has 1 aliphatic rings. The second kappa shape index (κ2) is 5.36. The summed E-state index contributed by atoms with van der Waals surface area (Å²) in [6.07, 6.45) is 1.74. The Morgan fingerprint density at radius 3 is 2.90 bits per heavy atom. The van der Waals surface area contributed by atoms with Crippen LogP contribution in [0.4, 0.5) is 4.79 Å². The minimum absolute atomic E-state index is 0.277. The van der Waals surface area contributed by atoms with Crippen LogP contribution in [0.1, 0.15) is 17.1 Å². The second-order valence-corrected chi connectivity index (χ2v) is 4.95. The Hall–Kier alpha value is -2.30. The van der Waals surface area contributed by atoms with Gasteiger partial charge in [0.1, 0.15) is 12.4 Å². The minimum Gasteiger partial charge on any atom is -0.445 e. The fraction of sp³-hybridized carbons (Fsp3) is 0.333. The summed E-state index contributed by atoms with van der Waals surface area (Å²) in [6.45, 7) is 4.22. The molecule has 0 saturated carbocycles. The third-order valence-electron chi connectivity index (χ3n) is 3.39. The van der Waals surface area contributed by atoms with Crippen molar-refractivity contribution in [3.05, 3.63) is 53.6 Å². The van der Waals surface area contributed by atoms with Crippen LogP contribution in [0.15, 0.2) is 36.5 Å². The van der Waals surface area contributed by atoms with Crippen LogP contribution in [0.3, 0.4) is 0 Å². The van der Waals surface area contributed by atoms with Gasteiger partial charge in [0, 0.05) is 19.3 Å². The average Bonchev–Trinajstić information content (AvgIpc) is 2.85. The molecule has 0 atom stereocenters. The third kappa shape index (κ3) is 2.66. The van der Waals surface area contributed by atoms with Crippen LogP contribution in [0.5, 0.6) is 0 Å². The SMILES string of the molecule is Cc1cn2c(n1)CN(C(=O)OCc1ccccc1)CC2. The molecule has 0 radical (unpaired) electrons. The van der Waals surface area contributed by atoms with Gasteiger partial charge in [0.15, 0.2) is 0 Å². The summed E-state index contributed by atoms with van der Waals surface area (Å²) >= 11 is 0. The molecule has 0 aliphatic carbocycles. The molecule has 5 heteroatoms. The summed E-state index contributed by atoms with van der Waals surface area (Å²) in [5.41, 5.74) is 1.98. The van der Waals surface area contributed by atoms with Crippen molar-refractivity contribution in [3.63, 3.8) is 0 Å². The molecule has 1 aromatic carbocycles. The van der Waals surface area contributed by atoms with Crippen molar-refractivity contribution in [2.24, 2.45) is 0 Å². The Morgan fingerprint density at radius 1 is 1.30 bits per heavy atom. The van der Waals surface area contributed by atoms with E-state index in [9.17, 15) is 4.79 Å². The molecule has 0 saturated heterocycles. The first kappa shape index (κ1) is 12.7. The van der Waals surface area contributed by atoms with Gasteiger partial charge in [-0.15, -0.1) is 0 Å². The normalized spacial score (nSPS) is 13.9. The van der Waals surface area contributed by atoms with E-state index in [0.29, 0.717) is 19.7 Å². The van der Waals surface area contributed by atoms with Crippen molar-refractivity contribution in [2.45, 2.75) is 26.6 Å². The van der Waals surface area contributed by atoms with Crippen LogP contribution in [-0.2, 0) is 24.4 Å². The molecule has 3 rings (SSSR count). The Morgan fingerprint density at radius 2 is 2.10 bits per heavy atom. The van der Waals surface area contributed by atoms with E-state index < -0.39 is 0 Å². The largest absolute Gasteiger partial charge is 0.445 e. The Kier molecular flexibility index (Phi) is 3.41. The van der Waals surface area contributed by atoms with Crippen LogP contribution in [0, 0.1) is 6.92 Å². The quantitative estimate of drug-likeness (QED) is 0.842. The van der Waals surface area contributed by atoms with Gasteiger partial charge in [0.25, 0.3) is 0 Å². The number of amides is 1. The number of rotatable bonds is 2. The highest BCUT2D eigenvalue weighted by Gasteiger charge is 2.22. The van der Waals surface area contributed by atoms with Gasteiger partial charge < -0.3 is 9.30 Å². The molecular formula is C15H17N3O2. The lowest BCUT2D eigenvalue weighted by Crippen LogP contribution is -2.38. The standard InChI is InChI=1S/C15H17N3O2/c1-12-9-17-7-8-18(10-14(17)16-12)15(19)20-11-13-5-3-2-4-6-13/h2-6,9H,7-8,10-11H2,1H3. The molecule has 0 N–H and O–H groups in total. The molecule has 104 valence electrons. The predicted molar refractivity (Wildman–Crippen MR) is 74.0 cm³/mol. The lowest BCUT2D eigenvalue weighted by atomic mass is 10.2. The molecule has 1 aliphatic heterocycles. The van der Waals surface area contributed by atoms with E-state index in [4.69, 9.17) is 4.74 Å². The number of aromatic nitrogens is 2. The molecule has 5 nitrogen and oxygen atoms in total. The number of hydrogen-bond donors (Lipinski definition) is 0. The van der Waals surface area contributed by atoms with E-state index in [0.717, 1.165) is 23.6 Å². The highest BCUT2D eigenvalue weighted by molar-refractivity contribution is 5.67. The molecule has 1 aromatic heterocycles. The molecular weight excluding hydrogens is 254 g/mol. The predicted octanol–water partition coefficient (Wildman–Crippen LogP) is 2.34. The summed E-state index contributed by atoms with van der Waals surface area (Å²) in [6, 6.07) is 9.70. The zero-order valence-electron chi connectivity index (χ0n) is 11.5. The number of fused-ring (bicyclic) bond motifs is 1. The van der Waals surface area contributed by atoms with Crippen LogP contribution < -0.4 is 0 Å². The van der Waals surface area contributed by atoms with Crippen LogP contribution in [0.25, 0.3) is 0 Å². The van der Waals surface area contributed by atoms with Crippen molar-refractivity contribution < 1.29 is 9.53 Å². The molecule has 1 amide bonds. The Labute approximate surface area is 117 Å². The third-order valence-corrected chi connectivity index (χ3v) is 3.39. The van der Waals surface area contributed by atoms with Crippen LogP contribution in [-0.4, -0.2) is 27.1 Å². The van der Waals surface area contributed by atoms with Crippen molar-refractivity contribution in [2.75, 3.05) is 6.54 Å². The minimum atomic E-state index is -0.277. The van der Waals surface area contributed by atoms with E-state index in [1.54, 1.807) is 4.90 Å². The fourth-order valence-corrected chi connectivity index (χ4v) is 2.36. The van der Waals surface area contributed by atoms with Gasteiger partial charge in [-0.2, -0.15) is 0 Å². The molecule has 2 heterocycles. The van der Waals surface area contributed by atoms with E-state index in [-0.39, 0.29) is 6.09 Å². The summed E-state index contributed by atoms with van der Waals surface area (Å²) < 4.78 is 7.43. The number of benzene rings is 1. The maximum atomic E-state index is 12.1. The molecule has 20 heavy (non-hydrogen) atoms. The number of ether oxygens (including phenoxy) is 1. The van der Waals surface area contributed by atoms with Crippen LogP contribution >= 0.6 is 0 Å². The molecule has 0 bridgehead atoms. The lowest BCUT2D eigenvalue weighted by Gasteiger charge is -2.26. The summed E-state index contributed by atoms with van der Waals surface area (Å²) in [4.78, 5) is 18.2. The number of aryl methyl sites for hydroxylation is 1. The van der Waals surface area contributed by atoms with E-state index in [2.05, 4.69) is 9.55 Å². The van der Waals surface area contributed by atoms with Crippen molar-refractivity contribution in [1.82, 2.24) is 14.5 Å². The van der Waals surface area contributed by atoms with Gasteiger partial charge >= 0.3 is 6.09 Å². The van der Waals surface area contributed by atoms with E-state index in [1.165, 1.54) is 0 Å². The molecule has 0 fully saturated rings. The number of carbonyl (C=O) groups excluding carboxylic acids is 1. The first-order valence-electron chi connectivity index (χ1n) is 6.70. The van der Waals surface area contributed by atoms with Crippen molar-refractivity contribution in [1.29, 1.82) is 0 Å². The monoisotopic (exact) mass is 271 g/mol. The summed E-state index contributed by atoms with van der Waals surface area (Å²) in [5, 5.41) is 0. The zero-order chi connectivity index (χ0) is 13.9. The number of imidazole rings is 1. The number of nitrogens with zero attached hydrogens (tertiary/aromatic N) is 3. The van der Waals surface area contributed by atoms with Gasteiger partial charge in [0.05, 0.1) is 12.2 Å². The Balaban J connectivity index is 1.59. The van der Waals surface area contributed by atoms with Crippen molar-refractivity contribution >= 4 is 6.09 Å². The summed E-state index contributed by atoms with van der Waals surface area (Å²) in [5.74, 6) is 0.922. The van der Waals surface area contributed by atoms with Gasteiger partial charge in [0.2, 0.25) is 0 Å². The lowest BCUT2D eigenvalue weighted by molar-refractivity contribution is 0.0861. The van der Waals surface area contributed by atoms with Crippen LogP contribution in [0.2, 0.25) is 0 Å². The highest BCUT2D eigenvalue weighted by atomic mass is 16.6. The number of carbonyl (C=O) groups is 1. The van der Waals surface area contributed by atoms with Gasteiger partial charge in [-0.05, 0) is 12.5 Å². The topological polar surface area (TPSA) is 47.4 Å². The van der Waals surface area contributed by atoms with E-state index >= 15 is 0 Å². The smallest absolute Gasteiger partial charge is 0.410 e. The van der Waals surface area contributed by atoms with Gasteiger partial charge in [-0.3, -0.25) is 4.90 Å². The maximum Gasteiger partial charge on any atom is 0.410 e. The average molecular weight is 271 g/mol. The summed E-state index contributed by atoms with van der Waals surface area (Å²) in [7, 11) is 0. The number of hydrogen-bond acceptors (Lipinski definition) is 3. The van der Waals surface area contributed by atoms with Gasteiger partial charge in [-0.1, -0.05) is 30.3 Å². The fourth-order valence-electron chi connectivity index (χ4n) is 2.36. The Bertz CT molecular complexity index is 607. The molecule has 0 spiro atoms. The second-order valence-electron chi connectivity index (χ2n) is 4.95. The molecule has 2 aromatic rings. The first-order valence-corrected chi connectivity index (χ1v) is 6.70. The maximum absolute atomic E-state index is 12.1. The van der Waals surface area contributed by atoms with Gasteiger partial charge in [-0.25, -0.2) is 9.78 Å². The first-order chi connectivity index (χ1) is 9.72. The zero-order valence-corrected chi connectivity index (χ0v) is 11.5. The van der Waals surface area contributed by atoms with E-state index in [1.807, 2.05) is 43.5 Å². The van der Waals surface area contributed by atoms with Crippen molar-refractivity contribution in [3.8, 4) is 0 Å².